The van der Waals surface area contributed by atoms with Crippen LogP contribution in [0.15, 0.2) is 18.2 Å². The predicted octanol–water partition coefficient (Wildman–Crippen LogP) is 4.93. The first-order chi connectivity index (χ1) is 14.7. The Morgan fingerprint density at radius 1 is 1.00 bits per heavy atom. The Balaban J connectivity index is 2.23. The van der Waals surface area contributed by atoms with E-state index in [9.17, 15) is 14.7 Å². The lowest BCUT2D eigenvalue weighted by atomic mass is 9.98. The number of benzene rings is 1. The second kappa shape index (κ2) is 12.2. The maximum absolute atomic E-state index is 12.3. The van der Waals surface area contributed by atoms with Crippen molar-refractivity contribution in [1.82, 2.24) is 5.32 Å². The van der Waals surface area contributed by atoms with Gasteiger partial charge in [-0.05, 0) is 48.8 Å². The zero-order valence-corrected chi connectivity index (χ0v) is 19.6. The van der Waals surface area contributed by atoms with Crippen molar-refractivity contribution < 1.29 is 24.2 Å². The fraction of sp³-hybridized carbons (Fsp3) is 0.680. The molecule has 2 rings (SSSR count). The quantitative estimate of drug-likeness (QED) is 0.380. The molecule has 2 atom stereocenters. The second-order valence-corrected chi connectivity index (χ2v) is 9.46. The second-order valence-electron chi connectivity index (χ2n) is 9.46. The van der Waals surface area contributed by atoms with E-state index >= 15 is 0 Å². The average molecular weight is 434 g/mol. The fourth-order valence-electron chi connectivity index (χ4n) is 3.93. The van der Waals surface area contributed by atoms with E-state index in [0.717, 1.165) is 19.3 Å². The van der Waals surface area contributed by atoms with Gasteiger partial charge in [0.25, 0.3) is 0 Å². The molecule has 6 nitrogen and oxygen atoms in total. The van der Waals surface area contributed by atoms with E-state index < -0.39 is 6.10 Å². The molecule has 174 valence electrons. The first-order valence-electron chi connectivity index (χ1n) is 11.7. The molecule has 1 aliphatic carbocycles. The lowest BCUT2D eigenvalue weighted by Gasteiger charge is -2.27. The summed E-state index contributed by atoms with van der Waals surface area (Å²) in [7, 11) is 0. The molecule has 1 aliphatic rings. The third kappa shape index (κ3) is 8.26. The van der Waals surface area contributed by atoms with Crippen molar-refractivity contribution in [3.63, 3.8) is 0 Å². The molecule has 0 saturated heterocycles. The number of nitrogens with one attached hydrogen (secondary N) is 1. The van der Waals surface area contributed by atoms with Crippen LogP contribution in [0.3, 0.4) is 0 Å². The van der Waals surface area contributed by atoms with Gasteiger partial charge in [-0.15, -0.1) is 0 Å². The average Bonchev–Trinajstić information content (AvgIpc) is 3.18. The number of carbonyl (C=O) groups excluding carboxylic acids is 2. The molecule has 2 N–H and O–H groups in total. The van der Waals surface area contributed by atoms with E-state index in [1.54, 1.807) is 18.2 Å². The van der Waals surface area contributed by atoms with Crippen LogP contribution in [0.4, 0.5) is 0 Å². The van der Waals surface area contributed by atoms with Crippen LogP contribution in [0.2, 0.25) is 0 Å². The Labute approximate surface area is 186 Å². The van der Waals surface area contributed by atoms with Gasteiger partial charge in [0.1, 0.15) is 0 Å². The minimum absolute atomic E-state index is 0.100. The van der Waals surface area contributed by atoms with Gasteiger partial charge in [0.05, 0.1) is 6.10 Å². The molecule has 1 saturated carbocycles. The van der Waals surface area contributed by atoms with Crippen molar-refractivity contribution in [3.05, 3.63) is 23.8 Å². The maximum atomic E-state index is 12.3. The van der Waals surface area contributed by atoms with E-state index in [1.807, 2.05) is 34.6 Å². The Bertz CT molecular complexity index is 725. The van der Waals surface area contributed by atoms with Crippen molar-refractivity contribution in [1.29, 1.82) is 0 Å². The SMILES string of the molecule is CCC(NC1CCCC1)C(O)c1ccc(OC(=O)CC(C)C)c(OC(=O)CC(C)C)c1. The van der Waals surface area contributed by atoms with Crippen LogP contribution in [0.1, 0.15) is 91.2 Å². The zero-order chi connectivity index (χ0) is 23.0. The highest BCUT2D eigenvalue weighted by molar-refractivity contribution is 5.76. The van der Waals surface area contributed by atoms with Crippen LogP contribution in [0, 0.1) is 11.8 Å². The molecule has 2 unspecified atom stereocenters. The van der Waals surface area contributed by atoms with Gasteiger partial charge in [-0.2, -0.15) is 0 Å². The zero-order valence-electron chi connectivity index (χ0n) is 19.6. The molecule has 0 radical (unpaired) electrons. The van der Waals surface area contributed by atoms with Gasteiger partial charge in [-0.3, -0.25) is 9.59 Å². The smallest absolute Gasteiger partial charge is 0.311 e. The van der Waals surface area contributed by atoms with Crippen LogP contribution in [0.25, 0.3) is 0 Å². The van der Waals surface area contributed by atoms with E-state index in [1.165, 1.54) is 12.8 Å². The molecule has 0 heterocycles. The van der Waals surface area contributed by atoms with Crippen LogP contribution >= 0.6 is 0 Å². The maximum Gasteiger partial charge on any atom is 0.311 e. The fourth-order valence-corrected chi connectivity index (χ4v) is 3.93. The largest absolute Gasteiger partial charge is 0.423 e. The molecule has 6 heteroatoms. The molecule has 0 amide bonds. The number of esters is 2. The molecular weight excluding hydrogens is 394 g/mol. The number of hydrogen-bond acceptors (Lipinski definition) is 6. The number of rotatable bonds is 11. The topological polar surface area (TPSA) is 84.9 Å². The third-order valence-electron chi connectivity index (χ3n) is 5.53. The summed E-state index contributed by atoms with van der Waals surface area (Å²) in [6.45, 7) is 9.79. The van der Waals surface area contributed by atoms with Crippen LogP contribution in [-0.4, -0.2) is 29.1 Å². The molecule has 1 fully saturated rings. The minimum atomic E-state index is -0.756. The number of aliphatic hydroxyl groups excluding tert-OH is 1. The summed E-state index contributed by atoms with van der Waals surface area (Å²) in [6.07, 6.45) is 5.24. The number of aliphatic hydroxyl groups is 1. The predicted molar refractivity (Wildman–Crippen MR) is 121 cm³/mol. The van der Waals surface area contributed by atoms with Crippen molar-refractivity contribution in [2.45, 2.75) is 97.8 Å². The van der Waals surface area contributed by atoms with Crippen molar-refractivity contribution in [2.24, 2.45) is 11.8 Å². The summed E-state index contributed by atoms with van der Waals surface area (Å²) in [5.41, 5.74) is 0.633. The van der Waals surface area contributed by atoms with E-state index in [-0.39, 0.29) is 54.2 Å². The molecule has 0 bridgehead atoms. The summed E-state index contributed by atoms with van der Waals surface area (Å²) in [5, 5.41) is 14.6. The molecule has 31 heavy (non-hydrogen) atoms. The lowest BCUT2D eigenvalue weighted by molar-refractivity contribution is -0.138. The van der Waals surface area contributed by atoms with Gasteiger partial charge in [0, 0.05) is 24.9 Å². The Kier molecular flexibility index (Phi) is 9.97. The number of ether oxygens (including phenoxy) is 2. The Morgan fingerprint density at radius 2 is 1.55 bits per heavy atom. The highest BCUT2D eigenvalue weighted by atomic mass is 16.6. The van der Waals surface area contributed by atoms with Gasteiger partial charge < -0.3 is 19.9 Å². The summed E-state index contributed by atoms with van der Waals surface area (Å²) in [6, 6.07) is 5.30. The van der Waals surface area contributed by atoms with Gasteiger partial charge in [-0.25, -0.2) is 0 Å². The first kappa shape index (κ1) is 25.3. The third-order valence-corrected chi connectivity index (χ3v) is 5.53. The summed E-state index contributed by atoms with van der Waals surface area (Å²) in [5.74, 6) is -0.0796. The van der Waals surface area contributed by atoms with Crippen molar-refractivity contribution in [2.75, 3.05) is 0 Å². The molecular formula is C25H39NO5. The van der Waals surface area contributed by atoms with Crippen LogP contribution in [0.5, 0.6) is 11.5 Å². The van der Waals surface area contributed by atoms with Gasteiger partial charge in [-0.1, -0.05) is 53.5 Å². The molecule has 1 aromatic carbocycles. The standard InChI is InChI=1S/C25H39NO5/c1-6-20(26-19-9-7-8-10-19)25(29)18-11-12-21(30-23(27)13-16(2)3)22(15-18)31-24(28)14-17(4)5/h11-12,15-17,19-20,25-26,29H,6-10,13-14H2,1-5H3. The monoisotopic (exact) mass is 433 g/mol. The number of carbonyl (C=O) groups is 2. The van der Waals surface area contributed by atoms with E-state index in [4.69, 9.17) is 9.47 Å². The lowest BCUT2D eigenvalue weighted by Crippen LogP contribution is -2.40. The number of hydrogen-bond donors (Lipinski definition) is 2. The van der Waals surface area contributed by atoms with Gasteiger partial charge in [0.2, 0.25) is 0 Å². The molecule has 0 aromatic heterocycles. The van der Waals surface area contributed by atoms with E-state index in [0.29, 0.717) is 11.6 Å². The Morgan fingerprint density at radius 3 is 2.06 bits per heavy atom. The van der Waals surface area contributed by atoms with Gasteiger partial charge in [0.15, 0.2) is 11.5 Å². The first-order valence-corrected chi connectivity index (χ1v) is 11.7. The molecule has 0 aliphatic heterocycles. The van der Waals surface area contributed by atoms with Crippen LogP contribution in [-0.2, 0) is 9.59 Å². The summed E-state index contributed by atoms with van der Waals surface area (Å²) >= 11 is 0. The van der Waals surface area contributed by atoms with Crippen LogP contribution < -0.4 is 14.8 Å². The molecule has 0 spiro atoms. The summed E-state index contributed by atoms with van der Waals surface area (Å²) in [4.78, 5) is 24.5. The molecule has 1 aromatic rings. The Hall–Kier alpha value is -1.92. The van der Waals surface area contributed by atoms with Gasteiger partial charge >= 0.3 is 11.9 Å². The normalized spacial score (nSPS) is 16.5. The highest BCUT2D eigenvalue weighted by Crippen LogP contribution is 2.33. The highest BCUT2D eigenvalue weighted by Gasteiger charge is 2.26. The minimum Gasteiger partial charge on any atom is -0.423 e. The summed E-state index contributed by atoms with van der Waals surface area (Å²) < 4.78 is 11.0. The van der Waals surface area contributed by atoms with E-state index in [2.05, 4.69) is 5.32 Å². The van der Waals surface area contributed by atoms with Crippen molar-refractivity contribution >= 4 is 11.9 Å². The van der Waals surface area contributed by atoms with Crippen molar-refractivity contribution in [3.8, 4) is 11.5 Å².